The van der Waals surface area contributed by atoms with Gasteiger partial charge in [0.25, 0.3) is 0 Å². The van der Waals surface area contributed by atoms with Crippen LogP contribution in [-0.2, 0) is 10.0 Å². The van der Waals surface area contributed by atoms with E-state index in [1.165, 1.54) is 12.1 Å². The summed E-state index contributed by atoms with van der Waals surface area (Å²) >= 11 is 0. The molecule has 0 atom stereocenters. The molecule has 0 saturated carbocycles. The van der Waals surface area contributed by atoms with Crippen LogP contribution in [0, 0.1) is 0 Å². The van der Waals surface area contributed by atoms with Gasteiger partial charge in [-0.15, -0.1) is 0 Å². The first kappa shape index (κ1) is 10.0. The molecule has 0 unspecified atom stereocenters. The molecule has 0 bridgehead atoms. The third-order valence-electron chi connectivity index (χ3n) is 1.46. The van der Waals surface area contributed by atoms with Crippen molar-refractivity contribution in [1.82, 2.24) is 0 Å². The Morgan fingerprint density at radius 3 is 2.23 bits per heavy atom. The van der Waals surface area contributed by atoms with E-state index >= 15 is 0 Å². The van der Waals surface area contributed by atoms with Gasteiger partial charge in [-0.1, -0.05) is 0 Å². The third kappa shape index (κ3) is 2.71. The number of sulfonamides is 1. The van der Waals surface area contributed by atoms with E-state index < -0.39 is 10.0 Å². The second-order valence-electron chi connectivity index (χ2n) is 2.45. The Morgan fingerprint density at radius 1 is 1.31 bits per heavy atom. The molecule has 0 heterocycles. The third-order valence-corrected chi connectivity index (χ3v) is 2.39. The topological polar surface area (TPSA) is 69.4 Å². The summed E-state index contributed by atoms with van der Waals surface area (Å²) < 4.78 is 26.8. The molecule has 0 aliphatic carbocycles. The monoisotopic (exact) mass is 201 g/mol. The van der Waals surface area contributed by atoms with Crippen LogP contribution >= 0.6 is 0 Å². The number of hydrogen-bond acceptors (Lipinski definition) is 3. The minimum Gasteiger partial charge on any atom is -0.494 e. The summed E-state index contributed by atoms with van der Waals surface area (Å²) in [6.07, 6.45) is 0. The Balaban J connectivity index is 2.94. The number of rotatable bonds is 3. The molecule has 0 aromatic heterocycles. The summed E-state index contributed by atoms with van der Waals surface area (Å²) in [7, 11) is -3.59. The maximum Gasteiger partial charge on any atom is 0.238 e. The highest BCUT2D eigenvalue weighted by Crippen LogP contribution is 2.14. The first-order chi connectivity index (χ1) is 6.04. The molecular weight excluding hydrogens is 190 g/mol. The van der Waals surface area contributed by atoms with Crippen molar-refractivity contribution >= 4 is 10.0 Å². The lowest BCUT2D eigenvalue weighted by Crippen LogP contribution is -2.11. The predicted molar refractivity (Wildman–Crippen MR) is 49.0 cm³/mol. The van der Waals surface area contributed by atoms with Crippen molar-refractivity contribution in [1.29, 1.82) is 0 Å². The Labute approximate surface area is 77.4 Å². The molecule has 5 heteroatoms. The lowest BCUT2D eigenvalue weighted by atomic mass is 10.3. The minimum absolute atomic E-state index is 0.0935. The molecule has 0 aliphatic heterocycles. The van der Waals surface area contributed by atoms with Gasteiger partial charge >= 0.3 is 0 Å². The summed E-state index contributed by atoms with van der Waals surface area (Å²) in [6.45, 7) is 2.41. The first-order valence-electron chi connectivity index (χ1n) is 3.79. The maximum absolute atomic E-state index is 10.8. The lowest BCUT2D eigenvalue weighted by Gasteiger charge is -2.02. The van der Waals surface area contributed by atoms with Crippen molar-refractivity contribution in [2.45, 2.75) is 11.8 Å². The van der Waals surface area contributed by atoms with E-state index in [0.29, 0.717) is 12.4 Å². The van der Waals surface area contributed by atoms with E-state index in [1.54, 1.807) is 12.1 Å². The van der Waals surface area contributed by atoms with Gasteiger partial charge in [0, 0.05) is 0 Å². The molecule has 0 saturated heterocycles. The van der Waals surface area contributed by atoms with Crippen molar-refractivity contribution in [3.05, 3.63) is 24.3 Å². The van der Waals surface area contributed by atoms with Gasteiger partial charge in [-0.05, 0) is 31.2 Å². The standard InChI is InChI=1S/C8H11NO3S/c1-2-12-7-3-5-8(6-4-7)13(9,10)11/h3-6H,2H2,1H3,(H2,9,10,11). The molecule has 0 amide bonds. The second kappa shape index (κ2) is 3.76. The quantitative estimate of drug-likeness (QED) is 0.783. The smallest absolute Gasteiger partial charge is 0.238 e. The average molecular weight is 201 g/mol. The van der Waals surface area contributed by atoms with Crippen molar-refractivity contribution in [3.8, 4) is 5.75 Å². The Kier molecular flexibility index (Phi) is 2.90. The highest BCUT2D eigenvalue weighted by Gasteiger charge is 2.06. The molecule has 72 valence electrons. The second-order valence-corrected chi connectivity index (χ2v) is 4.01. The van der Waals surface area contributed by atoms with E-state index in [4.69, 9.17) is 9.88 Å². The average Bonchev–Trinajstić information content (AvgIpc) is 2.04. The molecule has 0 fully saturated rings. The van der Waals surface area contributed by atoms with Crippen LogP contribution in [0.4, 0.5) is 0 Å². The van der Waals surface area contributed by atoms with Gasteiger partial charge in [-0.2, -0.15) is 0 Å². The number of hydrogen-bond donors (Lipinski definition) is 1. The van der Waals surface area contributed by atoms with Crippen LogP contribution in [-0.4, -0.2) is 15.0 Å². The fraction of sp³-hybridized carbons (Fsp3) is 0.250. The van der Waals surface area contributed by atoms with Crippen LogP contribution in [0.5, 0.6) is 5.75 Å². The van der Waals surface area contributed by atoms with Gasteiger partial charge in [0.2, 0.25) is 10.0 Å². The zero-order chi connectivity index (χ0) is 9.90. The van der Waals surface area contributed by atoms with Crippen LogP contribution in [0.3, 0.4) is 0 Å². The summed E-state index contributed by atoms with van der Waals surface area (Å²) in [5, 5.41) is 4.91. The number of primary sulfonamides is 1. The Hall–Kier alpha value is -1.07. The van der Waals surface area contributed by atoms with E-state index in [-0.39, 0.29) is 4.90 Å². The van der Waals surface area contributed by atoms with E-state index in [0.717, 1.165) is 0 Å². The minimum atomic E-state index is -3.59. The normalized spacial score (nSPS) is 11.2. The highest BCUT2D eigenvalue weighted by molar-refractivity contribution is 7.89. The summed E-state index contributed by atoms with van der Waals surface area (Å²) in [4.78, 5) is 0.0935. The van der Waals surface area contributed by atoms with Gasteiger partial charge in [0.05, 0.1) is 11.5 Å². The van der Waals surface area contributed by atoms with Crippen LogP contribution in [0.15, 0.2) is 29.2 Å². The zero-order valence-electron chi connectivity index (χ0n) is 7.23. The predicted octanol–water partition coefficient (Wildman–Crippen LogP) is 0.733. The number of nitrogens with two attached hydrogens (primary N) is 1. The van der Waals surface area contributed by atoms with Crippen molar-refractivity contribution in [2.75, 3.05) is 6.61 Å². The number of ether oxygens (including phenoxy) is 1. The fourth-order valence-electron chi connectivity index (χ4n) is 0.892. The summed E-state index contributed by atoms with van der Waals surface area (Å²) in [5.41, 5.74) is 0. The van der Waals surface area contributed by atoms with Crippen LogP contribution in [0.1, 0.15) is 6.92 Å². The first-order valence-corrected chi connectivity index (χ1v) is 5.34. The molecule has 0 spiro atoms. The molecule has 1 aromatic rings. The van der Waals surface area contributed by atoms with Gasteiger partial charge in [0.1, 0.15) is 5.75 Å². The molecule has 2 N–H and O–H groups in total. The van der Waals surface area contributed by atoms with E-state index in [9.17, 15) is 8.42 Å². The number of benzene rings is 1. The molecule has 4 nitrogen and oxygen atoms in total. The lowest BCUT2D eigenvalue weighted by molar-refractivity contribution is 0.340. The van der Waals surface area contributed by atoms with Crippen LogP contribution in [0.25, 0.3) is 0 Å². The molecule has 13 heavy (non-hydrogen) atoms. The summed E-state index contributed by atoms with van der Waals surface area (Å²) in [5.74, 6) is 0.634. The zero-order valence-corrected chi connectivity index (χ0v) is 8.04. The fourth-order valence-corrected chi connectivity index (χ4v) is 1.41. The van der Waals surface area contributed by atoms with Crippen molar-refractivity contribution < 1.29 is 13.2 Å². The van der Waals surface area contributed by atoms with E-state index in [1.807, 2.05) is 6.92 Å². The van der Waals surface area contributed by atoms with Gasteiger partial charge in [-0.3, -0.25) is 0 Å². The van der Waals surface area contributed by atoms with Crippen LogP contribution in [0.2, 0.25) is 0 Å². The van der Waals surface area contributed by atoms with Crippen molar-refractivity contribution in [3.63, 3.8) is 0 Å². The van der Waals surface area contributed by atoms with Crippen LogP contribution < -0.4 is 9.88 Å². The Bertz CT molecular complexity index is 369. The molecule has 0 radical (unpaired) electrons. The molecule has 1 aromatic carbocycles. The SMILES string of the molecule is CCOc1ccc(S(N)(=O)=O)cc1. The molecule has 1 rings (SSSR count). The largest absolute Gasteiger partial charge is 0.494 e. The van der Waals surface area contributed by atoms with Gasteiger partial charge in [-0.25, -0.2) is 13.6 Å². The Morgan fingerprint density at radius 2 is 1.85 bits per heavy atom. The molecule has 0 aliphatic rings. The summed E-state index contributed by atoms with van der Waals surface area (Å²) in [6, 6.07) is 5.98. The molecular formula is C8H11NO3S. The van der Waals surface area contributed by atoms with Gasteiger partial charge < -0.3 is 4.74 Å². The van der Waals surface area contributed by atoms with E-state index in [2.05, 4.69) is 0 Å². The van der Waals surface area contributed by atoms with Gasteiger partial charge in [0.15, 0.2) is 0 Å². The van der Waals surface area contributed by atoms with Crippen molar-refractivity contribution in [2.24, 2.45) is 5.14 Å². The highest BCUT2D eigenvalue weighted by atomic mass is 32.2. The maximum atomic E-state index is 10.8.